The van der Waals surface area contributed by atoms with Crippen LogP contribution in [-0.2, 0) is 0 Å². The number of piperidine rings is 1. The van der Waals surface area contributed by atoms with E-state index in [0.717, 1.165) is 23.2 Å². The first-order valence-electron chi connectivity index (χ1n) is 5.02. The molecule has 0 saturated carbocycles. The third kappa shape index (κ3) is 2.04. The molecule has 2 heterocycles. The highest BCUT2D eigenvalue weighted by atomic mass is 32.1. The van der Waals surface area contributed by atoms with Gasteiger partial charge >= 0.3 is 0 Å². The van der Waals surface area contributed by atoms with Gasteiger partial charge in [0, 0.05) is 19.1 Å². The summed E-state index contributed by atoms with van der Waals surface area (Å²) in [5.41, 5.74) is 0. The predicted octanol–water partition coefficient (Wildman–Crippen LogP) is 1.03. The second-order valence-electron chi connectivity index (χ2n) is 3.68. The molecule has 1 aliphatic rings. The molecule has 0 radical (unpaired) electrons. The molecule has 1 aliphatic heterocycles. The minimum absolute atomic E-state index is 0.605. The minimum Gasteiger partial charge on any atom is -0.345 e. The Morgan fingerprint density at radius 2 is 2.36 bits per heavy atom. The summed E-state index contributed by atoms with van der Waals surface area (Å²) in [6.45, 7) is 4.18. The Labute approximate surface area is 88.3 Å². The van der Waals surface area contributed by atoms with Crippen molar-refractivity contribution in [2.45, 2.75) is 25.8 Å². The molecule has 78 valence electrons. The number of hydrogen-bond donors (Lipinski definition) is 1. The van der Waals surface area contributed by atoms with Gasteiger partial charge in [-0.15, -0.1) is 10.2 Å². The third-order valence-electron chi connectivity index (χ3n) is 2.62. The lowest BCUT2D eigenvalue weighted by molar-refractivity contribution is 0.449. The van der Waals surface area contributed by atoms with Crippen LogP contribution in [0.5, 0.6) is 0 Å². The number of aromatic nitrogens is 2. The van der Waals surface area contributed by atoms with E-state index >= 15 is 0 Å². The van der Waals surface area contributed by atoms with Crippen LogP contribution in [0.1, 0.15) is 17.8 Å². The van der Waals surface area contributed by atoms with E-state index in [1.54, 1.807) is 11.3 Å². The maximum absolute atomic E-state index is 4.17. The van der Waals surface area contributed by atoms with E-state index < -0.39 is 0 Å². The van der Waals surface area contributed by atoms with Gasteiger partial charge in [-0.2, -0.15) is 0 Å². The Morgan fingerprint density at radius 3 is 3.00 bits per heavy atom. The Morgan fingerprint density at radius 1 is 1.50 bits per heavy atom. The first-order chi connectivity index (χ1) is 6.79. The molecule has 0 amide bonds. The summed E-state index contributed by atoms with van der Waals surface area (Å²) in [5, 5.41) is 13.7. The van der Waals surface area contributed by atoms with Gasteiger partial charge in [0.2, 0.25) is 5.13 Å². The molecule has 0 aliphatic carbocycles. The Kier molecular flexibility index (Phi) is 2.98. The summed E-state index contributed by atoms with van der Waals surface area (Å²) in [6.07, 6.45) is 2.51. The molecule has 14 heavy (non-hydrogen) atoms. The van der Waals surface area contributed by atoms with Gasteiger partial charge in [-0.25, -0.2) is 0 Å². The van der Waals surface area contributed by atoms with Gasteiger partial charge in [0.1, 0.15) is 5.01 Å². The SMILES string of the molecule is CNC1CCCN(c2nnc(C)s2)C1. The molecular formula is C9H16N4S. The third-order valence-corrected chi connectivity index (χ3v) is 3.52. The maximum atomic E-state index is 4.17. The lowest BCUT2D eigenvalue weighted by Gasteiger charge is -2.31. The van der Waals surface area contributed by atoms with Crippen LogP contribution in [0.4, 0.5) is 5.13 Å². The lowest BCUT2D eigenvalue weighted by Crippen LogP contribution is -2.44. The van der Waals surface area contributed by atoms with Crippen LogP contribution < -0.4 is 10.2 Å². The number of rotatable bonds is 2. The Hall–Kier alpha value is -0.680. The highest BCUT2D eigenvalue weighted by Gasteiger charge is 2.20. The van der Waals surface area contributed by atoms with Crippen LogP contribution in [0.15, 0.2) is 0 Å². The average Bonchev–Trinajstić information content (AvgIpc) is 2.65. The maximum Gasteiger partial charge on any atom is 0.208 e. The molecule has 1 unspecified atom stereocenters. The average molecular weight is 212 g/mol. The lowest BCUT2D eigenvalue weighted by atomic mass is 10.1. The fraction of sp³-hybridized carbons (Fsp3) is 0.778. The molecule has 0 bridgehead atoms. The summed E-state index contributed by atoms with van der Waals surface area (Å²) in [6, 6.07) is 0.605. The minimum atomic E-state index is 0.605. The number of hydrogen-bond acceptors (Lipinski definition) is 5. The molecule has 0 aromatic carbocycles. The van der Waals surface area contributed by atoms with Gasteiger partial charge < -0.3 is 10.2 Å². The first kappa shape index (κ1) is 9.86. The van der Waals surface area contributed by atoms with Crippen molar-refractivity contribution in [2.75, 3.05) is 25.0 Å². The van der Waals surface area contributed by atoms with Crippen molar-refractivity contribution in [3.63, 3.8) is 0 Å². The second kappa shape index (κ2) is 4.23. The molecule has 1 fully saturated rings. The normalized spacial score (nSPS) is 22.7. The van der Waals surface area contributed by atoms with E-state index in [1.165, 1.54) is 12.8 Å². The monoisotopic (exact) mass is 212 g/mol. The molecular weight excluding hydrogens is 196 g/mol. The first-order valence-corrected chi connectivity index (χ1v) is 5.83. The number of nitrogens with one attached hydrogen (secondary N) is 1. The second-order valence-corrected chi connectivity index (χ2v) is 4.84. The Bertz CT molecular complexity index is 299. The molecule has 1 atom stereocenters. The van der Waals surface area contributed by atoms with E-state index in [9.17, 15) is 0 Å². The van der Waals surface area contributed by atoms with Gasteiger partial charge in [-0.3, -0.25) is 0 Å². The van der Waals surface area contributed by atoms with Crippen LogP contribution in [0.2, 0.25) is 0 Å². The summed E-state index contributed by atoms with van der Waals surface area (Å²) >= 11 is 1.68. The fourth-order valence-electron chi connectivity index (χ4n) is 1.80. The zero-order chi connectivity index (χ0) is 9.97. The van der Waals surface area contributed by atoms with Gasteiger partial charge in [0.25, 0.3) is 0 Å². The number of likely N-dealkylation sites (N-methyl/N-ethyl adjacent to an activating group) is 1. The van der Waals surface area contributed by atoms with Crippen LogP contribution in [0.3, 0.4) is 0 Å². The van der Waals surface area contributed by atoms with E-state index in [2.05, 4.69) is 20.4 Å². The molecule has 1 aromatic rings. The van der Waals surface area contributed by atoms with Crippen molar-refractivity contribution in [1.29, 1.82) is 0 Å². The van der Waals surface area contributed by atoms with Crippen molar-refractivity contribution in [3.8, 4) is 0 Å². The van der Waals surface area contributed by atoms with Gasteiger partial charge in [-0.05, 0) is 26.8 Å². The number of nitrogens with zero attached hydrogens (tertiary/aromatic N) is 3. The van der Waals surface area contributed by atoms with Gasteiger partial charge in [0.05, 0.1) is 0 Å². The molecule has 1 aromatic heterocycles. The predicted molar refractivity (Wildman–Crippen MR) is 58.9 cm³/mol. The highest BCUT2D eigenvalue weighted by Crippen LogP contribution is 2.23. The van der Waals surface area contributed by atoms with E-state index in [0.29, 0.717) is 6.04 Å². The highest BCUT2D eigenvalue weighted by molar-refractivity contribution is 7.15. The summed E-state index contributed by atoms with van der Waals surface area (Å²) < 4.78 is 0. The zero-order valence-electron chi connectivity index (χ0n) is 8.66. The van der Waals surface area contributed by atoms with Crippen LogP contribution in [0, 0.1) is 6.92 Å². The summed E-state index contributed by atoms with van der Waals surface area (Å²) in [5.74, 6) is 0. The smallest absolute Gasteiger partial charge is 0.208 e. The van der Waals surface area contributed by atoms with Gasteiger partial charge in [-0.1, -0.05) is 11.3 Å². The molecule has 2 rings (SSSR count). The zero-order valence-corrected chi connectivity index (χ0v) is 9.47. The molecule has 5 heteroatoms. The molecule has 4 nitrogen and oxygen atoms in total. The van der Waals surface area contributed by atoms with Crippen LogP contribution in [0.25, 0.3) is 0 Å². The van der Waals surface area contributed by atoms with Gasteiger partial charge in [0.15, 0.2) is 0 Å². The number of aryl methyl sites for hydroxylation is 1. The van der Waals surface area contributed by atoms with Crippen molar-refractivity contribution in [3.05, 3.63) is 5.01 Å². The topological polar surface area (TPSA) is 41.0 Å². The fourth-order valence-corrected chi connectivity index (χ4v) is 2.52. The van der Waals surface area contributed by atoms with Crippen LogP contribution in [-0.4, -0.2) is 36.4 Å². The Balaban J connectivity index is 2.04. The largest absolute Gasteiger partial charge is 0.345 e. The number of anilines is 1. The van der Waals surface area contributed by atoms with Crippen molar-refractivity contribution < 1.29 is 0 Å². The quantitative estimate of drug-likeness (QED) is 0.795. The van der Waals surface area contributed by atoms with E-state index in [-0.39, 0.29) is 0 Å². The van der Waals surface area contributed by atoms with Crippen LogP contribution >= 0.6 is 11.3 Å². The molecule has 1 saturated heterocycles. The summed E-state index contributed by atoms with van der Waals surface area (Å²) in [7, 11) is 2.03. The van der Waals surface area contributed by atoms with Crippen molar-refractivity contribution in [1.82, 2.24) is 15.5 Å². The van der Waals surface area contributed by atoms with Crippen molar-refractivity contribution >= 4 is 16.5 Å². The molecule has 0 spiro atoms. The standard InChI is InChI=1S/C9H16N4S/c1-7-11-12-9(14-7)13-5-3-4-8(6-13)10-2/h8,10H,3-6H2,1-2H3. The van der Waals surface area contributed by atoms with E-state index in [4.69, 9.17) is 0 Å². The van der Waals surface area contributed by atoms with Crippen molar-refractivity contribution in [2.24, 2.45) is 0 Å². The van der Waals surface area contributed by atoms with E-state index in [1.807, 2.05) is 14.0 Å². The summed E-state index contributed by atoms with van der Waals surface area (Å²) in [4.78, 5) is 2.33. The molecule has 1 N–H and O–H groups in total.